The van der Waals surface area contributed by atoms with Gasteiger partial charge in [0.05, 0.1) is 0 Å². The fourth-order valence-electron chi connectivity index (χ4n) is 0.415. The van der Waals surface area contributed by atoms with Gasteiger partial charge in [-0.2, -0.15) is 0 Å². The zero-order valence-corrected chi connectivity index (χ0v) is 6.66. The Hall–Kier alpha value is -0.630. The van der Waals surface area contributed by atoms with Gasteiger partial charge in [-0.05, 0) is 6.07 Å². The van der Waals surface area contributed by atoms with Gasteiger partial charge in [-0.15, -0.1) is 6.42 Å². The highest BCUT2D eigenvalue weighted by molar-refractivity contribution is 14.1. The summed E-state index contributed by atoms with van der Waals surface area (Å²) in [6.45, 7) is 0. The highest BCUT2D eigenvalue weighted by Gasteiger charge is 1.88. The van der Waals surface area contributed by atoms with Gasteiger partial charge >= 0.3 is 0 Å². The van der Waals surface area contributed by atoms with Crippen molar-refractivity contribution in [2.75, 3.05) is 0 Å². The molecule has 0 amide bonds. The molecule has 0 aliphatic carbocycles. The predicted octanol–water partition coefficient (Wildman–Crippen LogP) is 1.06. The summed E-state index contributed by atoms with van der Waals surface area (Å²) in [5, 5.41) is 0. The second kappa shape index (κ2) is 2.78. The summed E-state index contributed by atoms with van der Waals surface area (Å²) in [7, 11) is 0. The monoisotopic (exact) mass is 230 g/mol. The van der Waals surface area contributed by atoms with Crippen molar-refractivity contribution >= 4 is 22.6 Å². The largest absolute Gasteiger partial charge is 0.232 e. The van der Waals surface area contributed by atoms with Gasteiger partial charge < -0.3 is 0 Å². The van der Waals surface area contributed by atoms with Gasteiger partial charge in [0.15, 0.2) is 3.83 Å². The number of rotatable bonds is 0. The van der Waals surface area contributed by atoms with Crippen LogP contribution in [0.2, 0.25) is 0 Å². The summed E-state index contributed by atoms with van der Waals surface area (Å²) >= 11 is 2.01. The second-order valence-electron chi connectivity index (χ2n) is 1.36. The van der Waals surface area contributed by atoms with Crippen LogP contribution in [0, 0.1) is 16.2 Å². The molecule has 0 aromatic carbocycles. The molecule has 2 nitrogen and oxygen atoms in total. The van der Waals surface area contributed by atoms with E-state index in [1.54, 1.807) is 12.3 Å². The number of hydrogen-bond donors (Lipinski definition) is 0. The Labute approximate surface area is 66.9 Å². The fourth-order valence-corrected chi connectivity index (χ4v) is 0.836. The number of halogens is 1. The zero-order valence-electron chi connectivity index (χ0n) is 4.50. The van der Waals surface area contributed by atoms with E-state index in [0.717, 1.165) is 0 Å². The van der Waals surface area contributed by atoms with Crippen molar-refractivity contribution in [1.29, 1.82) is 0 Å². The first kappa shape index (κ1) is 6.49. The first-order valence-electron chi connectivity index (χ1n) is 2.28. The number of nitrogens with zero attached hydrogens (tertiary/aromatic N) is 2. The van der Waals surface area contributed by atoms with Crippen molar-refractivity contribution in [3.8, 4) is 12.3 Å². The Morgan fingerprint density at radius 1 is 1.67 bits per heavy atom. The average molecular weight is 230 g/mol. The van der Waals surface area contributed by atoms with E-state index in [-0.39, 0.29) is 0 Å². The van der Waals surface area contributed by atoms with E-state index >= 15 is 0 Å². The van der Waals surface area contributed by atoms with Gasteiger partial charge in [0, 0.05) is 28.8 Å². The molecule has 0 fully saturated rings. The van der Waals surface area contributed by atoms with E-state index < -0.39 is 0 Å². The number of aromatic nitrogens is 2. The maximum absolute atomic E-state index is 5.08. The molecule has 0 saturated carbocycles. The highest BCUT2D eigenvalue weighted by atomic mass is 127. The minimum absolute atomic E-state index is 0.634. The van der Waals surface area contributed by atoms with Crippen LogP contribution in [0.1, 0.15) is 5.69 Å². The molecule has 44 valence electrons. The van der Waals surface area contributed by atoms with Crippen LogP contribution in [0.25, 0.3) is 0 Å². The molecule has 1 aromatic heterocycles. The van der Waals surface area contributed by atoms with E-state index in [2.05, 4.69) is 15.9 Å². The van der Waals surface area contributed by atoms with E-state index in [9.17, 15) is 0 Å². The molecule has 3 heteroatoms. The topological polar surface area (TPSA) is 25.8 Å². The van der Waals surface area contributed by atoms with E-state index in [1.807, 2.05) is 22.6 Å². The van der Waals surface area contributed by atoms with Crippen LogP contribution in [0.5, 0.6) is 0 Å². The van der Waals surface area contributed by atoms with Crippen LogP contribution in [0.15, 0.2) is 12.3 Å². The molecular weight excluding hydrogens is 227 g/mol. The molecule has 0 aliphatic heterocycles. The highest BCUT2D eigenvalue weighted by Crippen LogP contribution is 1.95. The lowest BCUT2D eigenvalue weighted by atomic mass is 10.4. The Bertz CT molecular complexity index is 251. The Balaban J connectivity index is 3.12. The number of terminal acetylenes is 1. The third-order valence-electron chi connectivity index (χ3n) is 0.774. The molecule has 9 heavy (non-hydrogen) atoms. The molecule has 0 radical (unpaired) electrons. The molecule has 0 N–H and O–H groups in total. The van der Waals surface area contributed by atoms with Gasteiger partial charge in [-0.3, -0.25) is 0 Å². The first-order valence-corrected chi connectivity index (χ1v) is 3.36. The average Bonchev–Trinajstić information content (AvgIpc) is 1.88. The molecule has 0 aliphatic rings. The fraction of sp³-hybridized carbons (Fsp3) is 0. The van der Waals surface area contributed by atoms with Crippen LogP contribution in [-0.2, 0) is 0 Å². The van der Waals surface area contributed by atoms with Crippen molar-refractivity contribution in [2.24, 2.45) is 0 Å². The van der Waals surface area contributed by atoms with Gasteiger partial charge in [-0.25, -0.2) is 9.97 Å². The van der Waals surface area contributed by atoms with Crippen LogP contribution >= 0.6 is 22.6 Å². The SMILES string of the molecule is C#Cc1ccnc(I)n1. The normalized spacial score (nSPS) is 8.44. The lowest BCUT2D eigenvalue weighted by Crippen LogP contribution is -1.87. The summed E-state index contributed by atoms with van der Waals surface area (Å²) in [6, 6.07) is 1.70. The molecule has 1 heterocycles. The summed E-state index contributed by atoms with van der Waals surface area (Å²) in [6.07, 6.45) is 6.72. The molecule has 0 spiro atoms. The number of hydrogen-bond acceptors (Lipinski definition) is 2. The van der Waals surface area contributed by atoms with Gasteiger partial charge in [0.1, 0.15) is 5.69 Å². The molecule has 0 unspecified atom stereocenters. The van der Waals surface area contributed by atoms with Crippen molar-refractivity contribution in [1.82, 2.24) is 9.97 Å². The lowest BCUT2D eigenvalue weighted by molar-refractivity contribution is 1.09. The molecule has 0 atom stereocenters. The quantitative estimate of drug-likeness (QED) is 0.378. The van der Waals surface area contributed by atoms with E-state index in [0.29, 0.717) is 9.53 Å². The summed E-state index contributed by atoms with van der Waals surface area (Å²) in [5.74, 6) is 2.41. The summed E-state index contributed by atoms with van der Waals surface area (Å²) in [4.78, 5) is 7.80. The third kappa shape index (κ3) is 1.64. The van der Waals surface area contributed by atoms with Crippen LogP contribution in [0.3, 0.4) is 0 Å². The minimum atomic E-state index is 0.634. The summed E-state index contributed by atoms with van der Waals surface area (Å²) in [5.41, 5.74) is 0.634. The second-order valence-corrected chi connectivity index (χ2v) is 2.32. The van der Waals surface area contributed by atoms with Crippen LogP contribution < -0.4 is 0 Å². The zero-order chi connectivity index (χ0) is 6.69. The van der Waals surface area contributed by atoms with Crippen LogP contribution in [-0.4, -0.2) is 9.97 Å². The maximum atomic E-state index is 5.08. The first-order chi connectivity index (χ1) is 4.33. The van der Waals surface area contributed by atoms with Crippen molar-refractivity contribution in [3.63, 3.8) is 0 Å². The van der Waals surface area contributed by atoms with Gasteiger partial charge in [-0.1, -0.05) is 5.92 Å². The van der Waals surface area contributed by atoms with Crippen molar-refractivity contribution in [2.45, 2.75) is 0 Å². The Morgan fingerprint density at radius 2 is 2.44 bits per heavy atom. The van der Waals surface area contributed by atoms with Crippen molar-refractivity contribution in [3.05, 3.63) is 21.8 Å². The van der Waals surface area contributed by atoms with Gasteiger partial charge in [0.25, 0.3) is 0 Å². The van der Waals surface area contributed by atoms with E-state index in [1.165, 1.54) is 0 Å². The molecule has 0 saturated heterocycles. The molecule has 0 bridgehead atoms. The maximum Gasteiger partial charge on any atom is 0.191 e. The standard InChI is InChI=1S/C6H3IN2/c1-2-5-3-4-8-6(7)9-5/h1,3-4H. The van der Waals surface area contributed by atoms with E-state index in [4.69, 9.17) is 6.42 Å². The molecule has 1 rings (SSSR count). The Kier molecular flexibility index (Phi) is 2.01. The molecule has 1 aromatic rings. The lowest BCUT2D eigenvalue weighted by Gasteiger charge is -1.87. The predicted molar refractivity (Wildman–Crippen MR) is 42.7 cm³/mol. The van der Waals surface area contributed by atoms with Crippen molar-refractivity contribution < 1.29 is 0 Å². The smallest absolute Gasteiger partial charge is 0.191 e. The van der Waals surface area contributed by atoms with Gasteiger partial charge in [0.2, 0.25) is 0 Å². The minimum Gasteiger partial charge on any atom is -0.232 e. The van der Waals surface area contributed by atoms with Crippen LogP contribution in [0.4, 0.5) is 0 Å². The molecular formula is C6H3IN2. The third-order valence-corrected chi connectivity index (χ3v) is 1.29. The Morgan fingerprint density at radius 3 is 2.89 bits per heavy atom. The summed E-state index contributed by atoms with van der Waals surface area (Å²) < 4.78 is 0.683.